The Balaban J connectivity index is 0. The Morgan fingerprint density at radius 2 is 1.21 bits per heavy atom. The summed E-state index contributed by atoms with van der Waals surface area (Å²) < 4.78 is 12.4. The number of benzene rings is 2. The molecule has 24 heavy (non-hydrogen) atoms. The molecule has 0 radical (unpaired) electrons. The normalized spacial score (nSPS) is 7.92. The topological polar surface area (TPSA) is 47.6 Å². The molecule has 0 heterocycles. The zero-order chi connectivity index (χ0) is 19.1. The van der Waals surface area contributed by atoms with Crippen LogP contribution in [0.1, 0.15) is 49.9 Å². The molecule has 0 saturated heterocycles. The molecule has 0 aliphatic heterocycles. The summed E-state index contributed by atoms with van der Waals surface area (Å²) in [5.41, 5.74) is 2.82. The fourth-order valence-corrected chi connectivity index (χ4v) is 1.60. The second kappa shape index (κ2) is 14.2. The average Bonchev–Trinajstić information content (AvgIpc) is 2.63. The summed E-state index contributed by atoms with van der Waals surface area (Å²) in [5, 5.41) is 17.6. The van der Waals surface area contributed by atoms with Crippen LogP contribution in [0.3, 0.4) is 0 Å². The van der Waals surface area contributed by atoms with Crippen molar-refractivity contribution in [1.82, 2.24) is 0 Å². The van der Waals surface area contributed by atoms with E-state index in [2.05, 4.69) is 6.07 Å². The Hall–Kier alpha value is -2.36. The molecule has 0 unspecified atom stereocenters. The van der Waals surface area contributed by atoms with Gasteiger partial charge in [0, 0.05) is 5.02 Å². The van der Waals surface area contributed by atoms with Crippen molar-refractivity contribution in [3.63, 3.8) is 0 Å². The van der Waals surface area contributed by atoms with E-state index in [9.17, 15) is 4.39 Å². The molecule has 0 aliphatic rings. The molecule has 128 valence electrons. The third-order valence-corrected chi connectivity index (χ3v) is 2.88. The SMILES string of the molecule is CC.CC.Cc1ccc(Cl)cc1C#N.Cc1ccc(F)cc1C#N. The van der Waals surface area contributed by atoms with Gasteiger partial charge in [0.2, 0.25) is 0 Å². The van der Waals surface area contributed by atoms with Crippen LogP contribution >= 0.6 is 11.6 Å². The Morgan fingerprint density at radius 3 is 1.58 bits per heavy atom. The Morgan fingerprint density at radius 1 is 0.792 bits per heavy atom. The molecule has 4 heteroatoms. The van der Waals surface area contributed by atoms with Gasteiger partial charge in [0.25, 0.3) is 0 Å². The molecule has 0 bridgehead atoms. The molecular weight excluding hydrogens is 323 g/mol. The highest BCUT2D eigenvalue weighted by Crippen LogP contribution is 2.13. The fourth-order valence-electron chi connectivity index (χ4n) is 1.43. The minimum atomic E-state index is -0.359. The summed E-state index contributed by atoms with van der Waals surface area (Å²) in [6.07, 6.45) is 0. The quantitative estimate of drug-likeness (QED) is 0.541. The summed E-state index contributed by atoms with van der Waals surface area (Å²) in [7, 11) is 0. The van der Waals surface area contributed by atoms with Crippen LogP contribution in [0.2, 0.25) is 5.02 Å². The van der Waals surface area contributed by atoms with Crippen LogP contribution in [-0.4, -0.2) is 0 Å². The molecule has 2 nitrogen and oxygen atoms in total. The molecule has 0 fully saturated rings. The smallest absolute Gasteiger partial charge is 0.124 e. The first-order valence-electron chi connectivity index (χ1n) is 7.80. The van der Waals surface area contributed by atoms with E-state index in [1.54, 1.807) is 25.1 Å². The van der Waals surface area contributed by atoms with Crippen molar-refractivity contribution in [2.24, 2.45) is 0 Å². The van der Waals surface area contributed by atoms with Crippen molar-refractivity contribution in [3.8, 4) is 12.1 Å². The number of nitriles is 2. The van der Waals surface area contributed by atoms with E-state index in [1.165, 1.54) is 12.1 Å². The van der Waals surface area contributed by atoms with Gasteiger partial charge < -0.3 is 0 Å². The first-order valence-corrected chi connectivity index (χ1v) is 8.18. The van der Waals surface area contributed by atoms with Crippen molar-refractivity contribution in [1.29, 1.82) is 10.5 Å². The van der Waals surface area contributed by atoms with Crippen molar-refractivity contribution in [2.45, 2.75) is 41.5 Å². The lowest BCUT2D eigenvalue weighted by atomic mass is 10.1. The zero-order valence-electron chi connectivity index (χ0n) is 15.1. The molecule has 0 amide bonds. The summed E-state index contributed by atoms with van der Waals surface area (Å²) in [6.45, 7) is 11.7. The van der Waals surface area contributed by atoms with Gasteiger partial charge in [-0.1, -0.05) is 51.4 Å². The number of aryl methyl sites for hydroxylation is 2. The van der Waals surface area contributed by atoms with E-state index in [4.69, 9.17) is 22.1 Å². The number of nitrogens with zero attached hydrogens (tertiary/aromatic N) is 2. The highest BCUT2D eigenvalue weighted by molar-refractivity contribution is 6.30. The molecule has 2 rings (SSSR count). The maximum atomic E-state index is 12.4. The number of halogens is 2. The van der Waals surface area contributed by atoms with Crippen LogP contribution in [0, 0.1) is 42.3 Å². The van der Waals surface area contributed by atoms with Gasteiger partial charge in [-0.05, 0) is 49.2 Å². The van der Waals surface area contributed by atoms with Crippen molar-refractivity contribution >= 4 is 11.6 Å². The maximum Gasteiger partial charge on any atom is 0.124 e. The van der Waals surface area contributed by atoms with E-state index in [1.807, 2.05) is 46.8 Å². The van der Waals surface area contributed by atoms with Crippen molar-refractivity contribution in [2.75, 3.05) is 0 Å². The molecule has 0 spiro atoms. The van der Waals surface area contributed by atoms with Gasteiger partial charge in [0.15, 0.2) is 0 Å². The Bertz CT molecular complexity index is 636. The average molecular weight is 347 g/mol. The van der Waals surface area contributed by atoms with Gasteiger partial charge in [-0.2, -0.15) is 10.5 Å². The minimum Gasteiger partial charge on any atom is -0.207 e. The number of hydrogen-bond acceptors (Lipinski definition) is 2. The van der Waals surface area contributed by atoms with E-state index in [0.717, 1.165) is 11.1 Å². The summed E-state index contributed by atoms with van der Waals surface area (Å²) in [5.74, 6) is -0.359. The summed E-state index contributed by atoms with van der Waals surface area (Å²) >= 11 is 5.64. The van der Waals surface area contributed by atoms with Gasteiger partial charge in [0.1, 0.15) is 5.82 Å². The first kappa shape index (κ1) is 23.9. The van der Waals surface area contributed by atoms with Crippen molar-refractivity contribution < 1.29 is 4.39 Å². The highest BCUT2D eigenvalue weighted by atomic mass is 35.5. The lowest BCUT2D eigenvalue weighted by molar-refractivity contribution is 0.627. The van der Waals surface area contributed by atoms with Gasteiger partial charge in [-0.25, -0.2) is 4.39 Å². The zero-order valence-corrected chi connectivity index (χ0v) is 15.9. The second-order valence-electron chi connectivity index (χ2n) is 4.14. The van der Waals surface area contributed by atoms with Crippen LogP contribution in [0.4, 0.5) is 4.39 Å². The van der Waals surface area contributed by atoms with Crippen LogP contribution in [0.15, 0.2) is 36.4 Å². The number of rotatable bonds is 0. The van der Waals surface area contributed by atoms with Crippen LogP contribution in [-0.2, 0) is 0 Å². The summed E-state index contributed by atoms with van der Waals surface area (Å²) in [4.78, 5) is 0. The van der Waals surface area contributed by atoms with Gasteiger partial charge in [-0.3, -0.25) is 0 Å². The first-order chi connectivity index (χ1) is 11.5. The van der Waals surface area contributed by atoms with Gasteiger partial charge in [-0.15, -0.1) is 0 Å². The van der Waals surface area contributed by atoms with E-state index < -0.39 is 0 Å². The molecule has 0 N–H and O–H groups in total. The van der Waals surface area contributed by atoms with E-state index >= 15 is 0 Å². The summed E-state index contributed by atoms with van der Waals surface area (Å²) in [6, 6.07) is 13.4. The minimum absolute atomic E-state index is 0.359. The predicted molar refractivity (Wildman–Crippen MR) is 99.5 cm³/mol. The van der Waals surface area contributed by atoms with E-state index in [0.29, 0.717) is 16.1 Å². The molecule has 2 aromatic rings. The molecule has 0 aliphatic carbocycles. The van der Waals surface area contributed by atoms with E-state index in [-0.39, 0.29) is 5.82 Å². The van der Waals surface area contributed by atoms with Gasteiger partial charge in [0.05, 0.1) is 23.3 Å². The lowest BCUT2D eigenvalue weighted by Crippen LogP contribution is -1.82. The molecule has 0 atom stereocenters. The largest absolute Gasteiger partial charge is 0.207 e. The van der Waals surface area contributed by atoms with Crippen LogP contribution in [0.5, 0.6) is 0 Å². The van der Waals surface area contributed by atoms with Crippen molar-refractivity contribution in [3.05, 3.63) is 69.5 Å². The highest BCUT2D eigenvalue weighted by Gasteiger charge is 1.97. The van der Waals surface area contributed by atoms with Crippen LogP contribution < -0.4 is 0 Å². The third kappa shape index (κ3) is 8.93. The standard InChI is InChI=1S/C8H6ClN.C8H6FN.2C2H6/c2*1-6-2-3-8(9)4-7(6)5-10;2*1-2/h2*2-4H,1H3;2*1-2H3. The Labute approximate surface area is 150 Å². The fraction of sp³-hybridized carbons (Fsp3) is 0.300. The third-order valence-electron chi connectivity index (χ3n) is 2.64. The maximum absolute atomic E-state index is 12.4. The molecule has 0 aromatic heterocycles. The number of hydrogen-bond donors (Lipinski definition) is 0. The van der Waals surface area contributed by atoms with Gasteiger partial charge >= 0.3 is 0 Å². The lowest BCUT2D eigenvalue weighted by Gasteiger charge is -1.94. The monoisotopic (exact) mass is 346 g/mol. The molecule has 0 saturated carbocycles. The van der Waals surface area contributed by atoms with Crippen LogP contribution in [0.25, 0.3) is 0 Å². The molecule has 2 aromatic carbocycles. The Kier molecular flexibility index (Phi) is 14.2. The molecular formula is C20H24ClFN2. The predicted octanol–water partition coefficient (Wildman–Crippen LogP) is 6.58. The second-order valence-corrected chi connectivity index (χ2v) is 4.58.